The van der Waals surface area contributed by atoms with Crippen molar-refractivity contribution in [2.45, 2.75) is 32.4 Å². The Balaban J connectivity index is 1.45. The van der Waals surface area contributed by atoms with Gasteiger partial charge in [-0.15, -0.1) is 0 Å². The Morgan fingerprint density at radius 3 is 2.56 bits per heavy atom. The summed E-state index contributed by atoms with van der Waals surface area (Å²) in [5, 5.41) is 0.929. The van der Waals surface area contributed by atoms with Crippen LogP contribution in [-0.4, -0.2) is 77.6 Å². The Kier molecular flexibility index (Phi) is 4.86. The van der Waals surface area contributed by atoms with Crippen LogP contribution in [0, 0.1) is 0 Å². The van der Waals surface area contributed by atoms with E-state index in [-0.39, 0.29) is 6.04 Å². The lowest BCUT2D eigenvalue weighted by atomic mass is 10.1. The minimum atomic E-state index is 0.0552. The van der Waals surface area contributed by atoms with Crippen molar-refractivity contribution < 1.29 is 9.53 Å². The molecule has 0 N–H and O–H groups in total. The van der Waals surface area contributed by atoms with Crippen LogP contribution >= 0.6 is 0 Å². The van der Waals surface area contributed by atoms with Crippen LogP contribution in [0.1, 0.15) is 20.3 Å². The van der Waals surface area contributed by atoms with Gasteiger partial charge < -0.3 is 14.5 Å². The molecule has 2 fully saturated rings. The van der Waals surface area contributed by atoms with Crippen molar-refractivity contribution in [2.24, 2.45) is 0 Å². The van der Waals surface area contributed by atoms with E-state index in [4.69, 9.17) is 4.74 Å². The molecule has 0 radical (unpaired) electrons. The summed E-state index contributed by atoms with van der Waals surface area (Å²) in [6.07, 6.45) is 2.47. The van der Waals surface area contributed by atoms with E-state index >= 15 is 0 Å². The van der Waals surface area contributed by atoms with Crippen LogP contribution in [0.4, 0.5) is 5.69 Å². The highest BCUT2D eigenvalue weighted by Crippen LogP contribution is 2.28. The predicted molar refractivity (Wildman–Crippen MR) is 105 cm³/mol. The summed E-state index contributed by atoms with van der Waals surface area (Å²) in [5.41, 5.74) is 2.03. The van der Waals surface area contributed by atoms with Gasteiger partial charge in [0.15, 0.2) is 0 Å². The van der Waals surface area contributed by atoms with Crippen molar-refractivity contribution in [3.63, 3.8) is 0 Å². The zero-order valence-electron chi connectivity index (χ0n) is 16.3. The number of carbonyl (C=O) groups is 1. The maximum atomic E-state index is 12.7. The molecule has 0 aliphatic carbocycles. The van der Waals surface area contributed by atoms with Gasteiger partial charge in [0.2, 0.25) is 11.8 Å². The number of amides is 1. The SMILES string of the molecule is COc1ncnc2ccc(N3CCN(C4CCN(C(C)C)C4=O)CC3)cc12. The third kappa shape index (κ3) is 3.32. The fourth-order valence-corrected chi connectivity index (χ4v) is 4.21. The van der Waals surface area contributed by atoms with Crippen molar-refractivity contribution in [1.29, 1.82) is 0 Å². The maximum absolute atomic E-state index is 12.7. The number of anilines is 1. The molecule has 1 aromatic heterocycles. The Hall–Kier alpha value is -2.41. The summed E-state index contributed by atoms with van der Waals surface area (Å²) < 4.78 is 5.38. The standard InChI is InChI=1S/C20H27N5O2/c1-14(2)25-7-6-18(20(25)26)24-10-8-23(9-11-24)15-4-5-17-16(12-15)19(27-3)22-13-21-17/h4-5,12-14,18H,6-11H2,1-3H3. The third-order valence-corrected chi connectivity index (χ3v) is 5.73. The van der Waals surface area contributed by atoms with Crippen LogP contribution in [0.25, 0.3) is 10.9 Å². The fourth-order valence-electron chi connectivity index (χ4n) is 4.21. The van der Waals surface area contributed by atoms with Crippen LogP contribution in [-0.2, 0) is 4.79 Å². The molecule has 7 heteroatoms. The van der Waals surface area contributed by atoms with Gasteiger partial charge in [0.05, 0.1) is 24.1 Å². The van der Waals surface area contributed by atoms with E-state index in [1.807, 2.05) is 11.0 Å². The first kappa shape index (κ1) is 18.0. The molecule has 2 saturated heterocycles. The number of hydrogen-bond donors (Lipinski definition) is 0. The minimum absolute atomic E-state index is 0.0552. The average Bonchev–Trinajstić information content (AvgIpc) is 3.09. The van der Waals surface area contributed by atoms with Crippen LogP contribution in [0.3, 0.4) is 0 Å². The number of hydrogen-bond acceptors (Lipinski definition) is 6. The molecule has 27 heavy (non-hydrogen) atoms. The second kappa shape index (κ2) is 7.31. The molecule has 2 aliphatic heterocycles. The quantitative estimate of drug-likeness (QED) is 0.819. The molecule has 2 aliphatic rings. The smallest absolute Gasteiger partial charge is 0.240 e. The predicted octanol–water partition coefficient (Wildman–Crippen LogP) is 1.77. The number of rotatable bonds is 4. The Morgan fingerprint density at radius 2 is 1.89 bits per heavy atom. The summed E-state index contributed by atoms with van der Waals surface area (Å²) in [5.74, 6) is 0.900. The largest absolute Gasteiger partial charge is 0.480 e. The number of likely N-dealkylation sites (tertiary alicyclic amines) is 1. The number of benzene rings is 1. The van der Waals surface area contributed by atoms with E-state index in [1.54, 1.807) is 7.11 Å². The van der Waals surface area contributed by atoms with Gasteiger partial charge in [-0.3, -0.25) is 9.69 Å². The van der Waals surface area contributed by atoms with E-state index in [0.717, 1.165) is 55.7 Å². The highest BCUT2D eigenvalue weighted by atomic mass is 16.5. The summed E-state index contributed by atoms with van der Waals surface area (Å²) >= 11 is 0. The number of aromatic nitrogens is 2. The van der Waals surface area contributed by atoms with Gasteiger partial charge in [0, 0.05) is 44.5 Å². The van der Waals surface area contributed by atoms with Crippen molar-refractivity contribution in [3.8, 4) is 5.88 Å². The highest BCUT2D eigenvalue weighted by molar-refractivity contribution is 5.87. The molecule has 4 rings (SSSR count). The van der Waals surface area contributed by atoms with Gasteiger partial charge in [-0.2, -0.15) is 0 Å². The molecule has 1 amide bonds. The van der Waals surface area contributed by atoms with E-state index in [1.165, 1.54) is 6.33 Å². The Bertz CT molecular complexity index is 832. The molecule has 3 heterocycles. The van der Waals surface area contributed by atoms with Gasteiger partial charge in [-0.25, -0.2) is 9.97 Å². The van der Waals surface area contributed by atoms with Crippen LogP contribution in [0.2, 0.25) is 0 Å². The van der Waals surface area contributed by atoms with Gasteiger partial charge in [0.25, 0.3) is 0 Å². The van der Waals surface area contributed by atoms with Gasteiger partial charge in [-0.1, -0.05) is 0 Å². The molecule has 2 aromatic rings. The zero-order valence-corrected chi connectivity index (χ0v) is 16.3. The van der Waals surface area contributed by atoms with Crippen molar-refractivity contribution in [1.82, 2.24) is 19.8 Å². The topological polar surface area (TPSA) is 61.8 Å². The van der Waals surface area contributed by atoms with E-state index < -0.39 is 0 Å². The number of ether oxygens (including phenoxy) is 1. The molecule has 0 bridgehead atoms. The molecule has 1 unspecified atom stereocenters. The maximum Gasteiger partial charge on any atom is 0.240 e. The highest BCUT2D eigenvalue weighted by Gasteiger charge is 2.38. The molecule has 1 aromatic carbocycles. The number of carbonyl (C=O) groups excluding carboxylic acids is 1. The number of fused-ring (bicyclic) bond motifs is 1. The lowest BCUT2D eigenvalue weighted by Crippen LogP contribution is -2.53. The normalized spacial score (nSPS) is 21.5. The molecule has 1 atom stereocenters. The van der Waals surface area contributed by atoms with Crippen LogP contribution in [0.5, 0.6) is 5.88 Å². The number of nitrogens with zero attached hydrogens (tertiary/aromatic N) is 5. The minimum Gasteiger partial charge on any atom is -0.480 e. The summed E-state index contributed by atoms with van der Waals surface area (Å²) in [4.78, 5) is 27.9. The van der Waals surface area contributed by atoms with Gasteiger partial charge in [-0.05, 0) is 38.5 Å². The average molecular weight is 369 g/mol. The zero-order chi connectivity index (χ0) is 19.0. The molecular formula is C20H27N5O2. The fraction of sp³-hybridized carbons (Fsp3) is 0.550. The van der Waals surface area contributed by atoms with Gasteiger partial charge in [0.1, 0.15) is 6.33 Å². The lowest BCUT2D eigenvalue weighted by Gasteiger charge is -2.38. The van der Waals surface area contributed by atoms with Crippen LogP contribution in [0.15, 0.2) is 24.5 Å². The van der Waals surface area contributed by atoms with E-state index in [9.17, 15) is 4.79 Å². The van der Waals surface area contributed by atoms with Crippen molar-refractivity contribution >= 4 is 22.5 Å². The monoisotopic (exact) mass is 369 g/mol. The number of piperazine rings is 1. The molecular weight excluding hydrogens is 342 g/mol. The summed E-state index contributed by atoms with van der Waals surface area (Å²) in [7, 11) is 1.63. The van der Waals surface area contributed by atoms with Crippen molar-refractivity contribution in [3.05, 3.63) is 24.5 Å². The first-order valence-corrected chi connectivity index (χ1v) is 9.66. The second-order valence-electron chi connectivity index (χ2n) is 7.54. The summed E-state index contributed by atoms with van der Waals surface area (Å²) in [6, 6.07) is 6.57. The first-order chi connectivity index (χ1) is 13.1. The first-order valence-electron chi connectivity index (χ1n) is 9.66. The van der Waals surface area contributed by atoms with Crippen LogP contribution < -0.4 is 9.64 Å². The second-order valence-corrected chi connectivity index (χ2v) is 7.54. The Morgan fingerprint density at radius 1 is 1.11 bits per heavy atom. The summed E-state index contributed by atoms with van der Waals surface area (Å²) in [6.45, 7) is 8.70. The third-order valence-electron chi connectivity index (χ3n) is 5.73. The van der Waals surface area contributed by atoms with E-state index in [2.05, 4.69) is 45.7 Å². The number of methoxy groups -OCH3 is 1. The molecule has 7 nitrogen and oxygen atoms in total. The van der Waals surface area contributed by atoms with Gasteiger partial charge >= 0.3 is 0 Å². The lowest BCUT2D eigenvalue weighted by molar-refractivity contribution is -0.133. The van der Waals surface area contributed by atoms with E-state index in [0.29, 0.717) is 17.8 Å². The van der Waals surface area contributed by atoms with Crippen molar-refractivity contribution in [2.75, 3.05) is 44.7 Å². The molecule has 144 valence electrons. The molecule has 0 spiro atoms. The Labute approximate surface area is 159 Å². The molecule has 0 saturated carbocycles.